The number of anilines is 1. The Kier molecular flexibility index (Phi) is 4.12. The van der Waals surface area contributed by atoms with E-state index in [0.29, 0.717) is 16.8 Å². The third-order valence-corrected chi connectivity index (χ3v) is 5.91. The molecule has 0 atom stereocenters. The summed E-state index contributed by atoms with van der Waals surface area (Å²) >= 11 is 1.44. The largest absolute Gasteiger partial charge is 0.398 e. The van der Waals surface area contributed by atoms with E-state index in [9.17, 15) is 8.42 Å². The normalized spacial score (nSPS) is 12.0. The Morgan fingerprint density at radius 1 is 1.35 bits per heavy atom. The van der Waals surface area contributed by atoms with Gasteiger partial charge >= 0.3 is 0 Å². The Balaban J connectivity index is 2.42. The first-order chi connectivity index (χ1) is 9.34. The number of sulfonamides is 1. The van der Waals surface area contributed by atoms with Gasteiger partial charge < -0.3 is 5.73 Å². The van der Waals surface area contributed by atoms with E-state index in [2.05, 4.69) is 4.98 Å². The zero-order valence-corrected chi connectivity index (χ0v) is 13.3. The van der Waals surface area contributed by atoms with Crippen LogP contribution in [0.15, 0.2) is 27.9 Å². The molecule has 2 N–H and O–H groups in total. The second-order valence-electron chi connectivity index (χ2n) is 4.67. The number of aryl methyl sites for hydroxylation is 1. The van der Waals surface area contributed by atoms with Gasteiger partial charge in [-0.15, -0.1) is 11.3 Å². The third-order valence-electron chi connectivity index (χ3n) is 3.18. The highest BCUT2D eigenvalue weighted by Crippen LogP contribution is 2.27. The van der Waals surface area contributed by atoms with Gasteiger partial charge in [-0.1, -0.05) is 6.07 Å². The Hall–Kier alpha value is -1.44. The zero-order valence-electron chi connectivity index (χ0n) is 11.6. The number of benzene rings is 1. The average Bonchev–Trinajstić information content (AvgIpc) is 2.87. The predicted molar refractivity (Wildman–Crippen MR) is 81.1 cm³/mol. The van der Waals surface area contributed by atoms with E-state index in [4.69, 9.17) is 5.73 Å². The number of nitrogens with zero attached hydrogens (tertiary/aromatic N) is 2. The molecule has 0 bridgehead atoms. The number of hydrogen-bond donors (Lipinski definition) is 1. The summed E-state index contributed by atoms with van der Waals surface area (Å²) in [5.41, 5.74) is 10.0. The van der Waals surface area contributed by atoms with Crippen LogP contribution in [0.1, 0.15) is 16.8 Å². The van der Waals surface area contributed by atoms with Gasteiger partial charge in [-0.3, -0.25) is 0 Å². The summed E-state index contributed by atoms with van der Waals surface area (Å²) in [6, 6.07) is 3.45. The van der Waals surface area contributed by atoms with E-state index < -0.39 is 10.0 Å². The van der Waals surface area contributed by atoms with E-state index in [1.165, 1.54) is 15.6 Å². The maximum atomic E-state index is 12.7. The number of nitrogens with two attached hydrogens (primary N) is 1. The maximum Gasteiger partial charge on any atom is 0.243 e. The predicted octanol–water partition coefficient (Wildman–Crippen LogP) is 2.16. The summed E-state index contributed by atoms with van der Waals surface area (Å²) in [6.07, 6.45) is 0. The number of thiazole rings is 1. The van der Waals surface area contributed by atoms with Crippen LogP contribution in [0.5, 0.6) is 0 Å². The minimum absolute atomic E-state index is 0.250. The Bertz CT molecular complexity index is 709. The molecule has 20 heavy (non-hydrogen) atoms. The van der Waals surface area contributed by atoms with Crippen molar-refractivity contribution < 1.29 is 8.42 Å². The molecule has 0 aliphatic heterocycles. The van der Waals surface area contributed by atoms with Gasteiger partial charge in [0.2, 0.25) is 10.0 Å². The molecule has 0 amide bonds. The smallest absolute Gasteiger partial charge is 0.243 e. The molecule has 0 fully saturated rings. The van der Waals surface area contributed by atoms with Gasteiger partial charge in [-0.2, -0.15) is 4.31 Å². The Morgan fingerprint density at radius 2 is 2.05 bits per heavy atom. The van der Waals surface area contributed by atoms with Gasteiger partial charge in [0.25, 0.3) is 0 Å². The van der Waals surface area contributed by atoms with Crippen molar-refractivity contribution >= 4 is 27.0 Å². The van der Waals surface area contributed by atoms with Crippen LogP contribution in [-0.4, -0.2) is 24.8 Å². The van der Waals surface area contributed by atoms with E-state index in [1.807, 2.05) is 5.38 Å². The summed E-state index contributed by atoms with van der Waals surface area (Å²) < 4.78 is 26.7. The summed E-state index contributed by atoms with van der Waals surface area (Å²) in [4.78, 5) is 4.40. The highest BCUT2D eigenvalue weighted by molar-refractivity contribution is 7.89. The average molecular weight is 311 g/mol. The van der Waals surface area contributed by atoms with E-state index in [-0.39, 0.29) is 11.4 Å². The summed E-state index contributed by atoms with van der Waals surface area (Å²) in [5, 5.41) is 1.84. The summed E-state index contributed by atoms with van der Waals surface area (Å²) in [7, 11) is -2.03. The highest BCUT2D eigenvalue weighted by Gasteiger charge is 2.26. The molecule has 2 rings (SSSR count). The first-order valence-corrected chi connectivity index (χ1v) is 8.41. The van der Waals surface area contributed by atoms with Crippen molar-refractivity contribution in [2.24, 2.45) is 0 Å². The molecule has 1 heterocycles. The quantitative estimate of drug-likeness (QED) is 0.878. The molecular formula is C13H17N3O2S2. The van der Waals surface area contributed by atoms with Gasteiger partial charge in [-0.25, -0.2) is 13.4 Å². The molecular weight excluding hydrogens is 294 g/mol. The van der Waals surface area contributed by atoms with Crippen molar-refractivity contribution in [1.29, 1.82) is 0 Å². The standard InChI is InChI=1S/C13H17N3O2S2/c1-9-4-5-12(14)10(2)13(9)20(17,18)16(3)6-11-7-19-8-15-11/h4-5,7-8H,6,14H2,1-3H3. The van der Waals surface area contributed by atoms with Crippen molar-refractivity contribution in [2.75, 3.05) is 12.8 Å². The van der Waals surface area contributed by atoms with Gasteiger partial charge in [0.15, 0.2) is 0 Å². The topological polar surface area (TPSA) is 76.3 Å². The molecule has 7 heteroatoms. The monoisotopic (exact) mass is 311 g/mol. The van der Waals surface area contributed by atoms with Crippen LogP contribution >= 0.6 is 11.3 Å². The van der Waals surface area contributed by atoms with Gasteiger partial charge in [0.05, 0.1) is 22.6 Å². The van der Waals surface area contributed by atoms with Crippen molar-refractivity contribution in [1.82, 2.24) is 9.29 Å². The van der Waals surface area contributed by atoms with Crippen molar-refractivity contribution in [3.63, 3.8) is 0 Å². The molecule has 1 aromatic heterocycles. The maximum absolute atomic E-state index is 12.7. The molecule has 0 radical (unpaired) electrons. The fourth-order valence-electron chi connectivity index (χ4n) is 2.02. The molecule has 0 unspecified atom stereocenters. The van der Waals surface area contributed by atoms with Crippen LogP contribution in [0.3, 0.4) is 0 Å². The van der Waals surface area contributed by atoms with Crippen molar-refractivity contribution in [2.45, 2.75) is 25.3 Å². The highest BCUT2D eigenvalue weighted by atomic mass is 32.2. The lowest BCUT2D eigenvalue weighted by atomic mass is 10.1. The minimum Gasteiger partial charge on any atom is -0.398 e. The first kappa shape index (κ1) is 15.0. The summed E-state index contributed by atoms with van der Waals surface area (Å²) in [6.45, 7) is 3.75. The zero-order chi connectivity index (χ0) is 14.9. The van der Waals surface area contributed by atoms with Gasteiger partial charge in [0, 0.05) is 18.1 Å². The molecule has 5 nitrogen and oxygen atoms in total. The lowest BCUT2D eigenvalue weighted by Crippen LogP contribution is -2.28. The molecule has 2 aromatic rings. The number of nitrogen functional groups attached to an aromatic ring is 1. The lowest BCUT2D eigenvalue weighted by Gasteiger charge is -2.20. The Morgan fingerprint density at radius 3 is 2.65 bits per heavy atom. The number of rotatable bonds is 4. The van der Waals surface area contributed by atoms with Crippen LogP contribution in [0.2, 0.25) is 0 Å². The van der Waals surface area contributed by atoms with Crippen LogP contribution in [0.4, 0.5) is 5.69 Å². The second-order valence-corrected chi connectivity index (χ2v) is 7.37. The number of aromatic nitrogens is 1. The van der Waals surface area contributed by atoms with Crippen LogP contribution in [0.25, 0.3) is 0 Å². The minimum atomic E-state index is -3.58. The van der Waals surface area contributed by atoms with E-state index in [0.717, 1.165) is 5.69 Å². The number of hydrogen-bond acceptors (Lipinski definition) is 5. The van der Waals surface area contributed by atoms with Crippen LogP contribution in [0, 0.1) is 13.8 Å². The van der Waals surface area contributed by atoms with E-state index >= 15 is 0 Å². The molecule has 0 spiro atoms. The van der Waals surface area contributed by atoms with Crippen molar-refractivity contribution in [3.8, 4) is 0 Å². The van der Waals surface area contributed by atoms with E-state index in [1.54, 1.807) is 38.5 Å². The fraction of sp³-hybridized carbons (Fsp3) is 0.308. The molecule has 1 aromatic carbocycles. The lowest BCUT2D eigenvalue weighted by molar-refractivity contribution is 0.462. The second kappa shape index (κ2) is 5.51. The summed E-state index contributed by atoms with van der Waals surface area (Å²) in [5.74, 6) is 0. The molecule has 0 aliphatic carbocycles. The first-order valence-electron chi connectivity index (χ1n) is 6.03. The SMILES string of the molecule is Cc1ccc(N)c(C)c1S(=O)(=O)N(C)Cc1cscn1. The van der Waals surface area contributed by atoms with Crippen LogP contribution in [-0.2, 0) is 16.6 Å². The van der Waals surface area contributed by atoms with Crippen molar-refractivity contribution in [3.05, 3.63) is 39.8 Å². The van der Waals surface area contributed by atoms with Gasteiger partial charge in [-0.05, 0) is 31.0 Å². The van der Waals surface area contributed by atoms with Gasteiger partial charge in [0.1, 0.15) is 0 Å². The molecule has 0 aliphatic rings. The molecule has 0 saturated heterocycles. The Labute approximate surface area is 123 Å². The van der Waals surface area contributed by atoms with Crippen LogP contribution < -0.4 is 5.73 Å². The molecule has 108 valence electrons. The molecule has 0 saturated carbocycles. The fourth-order valence-corrected chi connectivity index (χ4v) is 4.17. The third kappa shape index (κ3) is 2.70.